The molecule has 1 aliphatic rings. The molecule has 0 aliphatic carbocycles. The van der Waals surface area contributed by atoms with E-state index in [0.29, 0.717) is 19.0 Å². The zero-order chi connectivity index (χ0) is 16.9. The summed E-state index contributed by atoms with van der Waals surface area (Å²) in [7, 11) is 1.53. The molecule has 1 aliphatic heterocycles. The van der Waals surface area contributed by atoms with E-state index in [1.807, 2.05) is 36.2 Å². The quantitative estimate of drug-likeness (QED) is 0.802. The zero-order valence-electron chi connectivity index (χ0n) is 14.0. The molecule has 0 aromatic carbocycles. The Morgan fingerprint density at radius 1 is 1.33 bits per heavy atom. The number of nitrogens with zero attached hydrogens (tertiary/aromatic N) is 4. The van der Waals surface area contributed by atoms with E-state index in [1.54, 1.807) is 6.20 Å². The van der Waals surface area contributed by atoms with Gasteiger partial charge in [0.1, 0.15) is 12.4 Å². The van der Waals surface area contributed by atoms with Crippen LogP contribution < -0.4 is 4.74 Å². The van der Waals surface area contributed by atoms with E-state index in [-0.39, 0.29) is 18.6 Å². The second-order valence-electron chi connectivity index (χ2n) is 5.72. The highest BCUT2D eigenvalue weighted by Gasteiger charge is 2.29. The van der Waals surface area contributed by atoms with E-state index in [2.05, 4.69) is 14.5 Å². The number of amides is 1. The maximum absolute atomic E-state index is 12.1. The van der Waals surface area contributed by atoms with Crippen LogP contribution in [0.3, 0.4) is 0 Å². The fraction of sp³-hybridized carbons (Fsp3) is 0.471. The zero-order valence-corrected chi connectivity index (χ0v) is 14.0. The second-order valence-corrected chi connectivity index (χ2v) is 5.72. The number of ether oxygens (including phenoxy) is 2. The molecule has 7 heteroatoms. The number of fused-ring (bicyclic) bond motifs is 1. The van der Waals surface area contributed by atoms with E-state index in [9.17, 15) is 4.79 Å². The summed E-state index contributed by atoms with van der Waals surface area (Å²) in [6.07, 6.45) is 4.34. The van der Waals surface area contributed by atoms with Crippen LogP contribution in [0.15, 0.2) is 30.6 Å². The van der Waals surface area contributed by atoms with Crippen molar-refractivity contribution in [1.82, 2.24) is 19.4 Å². The number of methoxy groups -OCH3 is 1. The molecule has 0 fully saturated rings. The molecule has 24 heavy (non-hydrogen) atoms. The minimum Gasteiger partial charge on any atom is -0.477 e. The number of carbonyl (C=O) groups is 1. The lowest BCUT2D eigenvalue weighted by Gasteiger charge is -2.34. The molecule has 0 spiro atoms. The predicted octanol–water partition coefficient (Wildman–Crippen LogP) is 1.45. The van der Waals surface area contributed by atoms with Crippen molar-refractivity contribution in [3.05, 3.63) is 42.1 Å². The minimum atomic E-state index is -0.0492. The van der Waals surface area contributed by atoms with Crippen molar-refractivity contribution in [2.24, 2.45) is 0 Å². The molecule has 0 bridgehead atoms. The van der Waals surface area contributed by atoms with Crippen LogP contribution in [-0.4, -0.2) is 52.2 Å². The SMILES string of the molecule is COCC(=O)N1CCn2c(CCOc3ccccn3)cnc2[C@@H]1C. The van der Waals surface area contributed by atoms with Gasteiger partial charge in [-0.25, -0.2) is 9.97 Å². The Kier molecular flexibility index (Phi) is 5.10. The van der Waals surface area contributed by atoms with Crippen molar-refractivity contribution >= 4 is 5.91 Å². The Balaban J connectivity index is 1.63. The summed E-state index contributed by atoms with van der Waals surface area (Å²) < 4.78 is 12.8. The molecule has 2 aromatic heterocycles. The average molecular weight is 330 g/mol. The van der Waals surface area contributed by atoms with Crippen molar-refractivity contribution in [1.29, 1.82) is 0 Å². The highest BCUT2D eigenvalue weighted by molar-refractivity contribution is 5.78. The van der Waals surface area contributed by atoms with Crippen LogP contribution in [0.5, 0.6) is 5.88 Å². The van der Waals surface area contributed by atoms with Crippen molar-refractivity contribution < 1.29 is 14.3 Å². The maximum Gasteiger partial charge on any atom is 0.249 e. The van der Waals surface area contributed by atoms with Gasteiger partial charge in [0.15, 0.2) is 0 Å². The van der Waals surface area contributed by atoms with E-state index in [0.717, 1.165) is 24.5 Å². The van der Waals surface area contributed by atoms with Gasteiger partial charge in [0.2, 0.25) is 11.8 Å². The van der Waals surface area contributed by atoms with Gasteiger partial charge in [0.05, 0.1) is 12.6 Å². The minimum absolute atomic E-state index is 0.000662. The molecule has 0 saturated carbocycles. The standard InChI is InChI=1S/C17H22N4O3/c1-13-17-19-11-14(6-10-24-15-5-3-4-7-18-15)21(17)9-8-20(13)16(22)12-23-2/h3-5,7,11,13H,6,8-10,12H2,1-2H3/t13-/m0/s1. The van der Waals surface area contributed by atoms with Crippen molar-refractivity contribution in [3.8, 4) is 5.88 Å². The molecule has 3 heterocycles. The summed E-state index contributed by atoms with van der Waals surface area (Å²) in [4.78, 5) is 22.6. The Bertz CT molecular complexity index is 686. The van der Waals surface area contributed by atoms with Crippen LogP contribution in [-0.2, 0) is 22.5 Å². The molecule has 3 rings (SSSR count). The second kappa shape index (κ2) is 7.44. The van der Waals surface area contributed by atoms with Gasteiger partial charge in [0, 0.05) is 50.8 Å². The molecule has 0 saturated heterocycles. The molecular weight excluding hydrogens is 308 g/mol. The van der Waals surface area contributed by atoms with Crippen LogP contribution in [0, 0.1) is 0 Å². The maximum atomic E-state index is 12.1. The first-order chi connectivity index (χ1) is 11.7. The number of carbonyl (C=O) groups excluding carboxylic acids is 1. The van der Waals surface area contributed by atoms with Gasteiger partial charge < -0.3 is 18.9 Å². The molecular formula is C17H22N4O3. The van der Waals surface area contributed by atoms with E-state index >= 15 is 0 Å². The molecule has 0 radical (unpaired) electrons. The smallest absolute Gasteiger partial charge is 0.249 e. The lowest BCUT2D eigenvalue weighted by molar-refractivity contribution is -0.138. The third kappa shape index (κ3) is 3.41. The Hall–Kier alpha value is -2.41. The topological polar surface area (TPSA) is 69.5 Å². The van der Waals surface area contributed by atoms with E-state index in [1.165, 1.54) is 7.11 Å². The molecule has 0 N–H and O–H groups in total. The lowest BCUT2D eigenvalue weighted by atomic mass is 10.2. The number of pyridine rings is 1. The van der Waals surface area contributed by atoms with Crippen LogP contribution >= 0.6 is 0 Å². The monoisotopic (exact) mass is 330 g/mol. The summed E-state index contributed by atoms with van der Waals surface area (Å²) in [6, 6.07) is 5.55. The van der Waals surface area contributed by atoms with E-state index in [4.69, 9.17) is 9.47 Å². The van der Waals surface area contributed by atoms with Gasteiger partial charge in [-0.2, -0.15) is 0 Å². The van der Waals surface area contributed by atoms with Gasteiger partial charge in [0.25, 0.3) is 0 Å². The first-order valence-corrected chi connectivity index (χ1v) is 8.07. The van der Waals surface area contributed by atoms with Crippen molar-refractivity contribution in [3.63, 3.8) is 0 Å². The van der Waals surface area contributed by atoms with Crippen molar-refractivity contribution in [2.45, 2.75) is 25.9 Å². The van der Waals surface area contributed by atoms with Gasteiger partial charge in [-0.05, 0) is 13.0 Å². The number of hydrogen-bond acceptors (Lipinski definition) is 5. The number of aromatic nitrogens is 3. The van der Waals surface area contributed by atoms with Crippen LogP contribution in [0.4, 0.5) is 0 Å². The van der Waals surface area contributed by atoms with Crippen LogP contribution in [0.1, 0.15) is 24.5 Å². The molecule has 1 amide bonds. The molecule has 2 aromatic rings. The first kappa shape index (κ1) is 16.4. The average Bonchev–Trinajstić information content (AvgIpc) is 3.00. The number of rotatable bonds is 6. The largest absolute Gasteiger partial charge is 0.477 e. The highest BCUT2D eigenvalue weighted by atomic mass is 16.5. The summed E-state index contributed by atoms with van der Waals surface area (Å²) in [5.41, 5.74) is 1.12. The van der Waals surface area contributed by atoms with Gasteiger partial charge in [-0.3, -0.25) is 4.79 Å². The van der Waals surface area contributed by atoms with Crippen LogP contribution in [0.25, 0.3) is 0 Å². The number of hydrogen-bond donors (Lipinski definition) is 0. The fourth-order valence-electron chi connectivity index (χ4n) is 3.00. The number of imidazole rings is 1. The Labute approximate surface area is 141 Å². The third-order valence-electron chi connectivity index (χ3n) is 4.21. The Morgan fingerprint density at radius 3 is 2.96 bits per heavy atom. The summed E-state index contributed by atoms with van der Waals surface area (Å²) >= 11 is 0. The molecule has 7 nitrogen and oxygen atoms in total. The Morgan fingerprint density at radius 2 is 2.21 bits per heavy atom. The van der Waals surface area contributed by atoms with Crippen LogP contribution in [0.2, 0.25) is 0 Å². The van der Waals surface area contributed by atoms with Gasteiger partial charge >= 0.3 is 0 Å². The van der Waals surface area contributed by atoms with Gasteiger partial charge in [-0.15, -0.1) is 0 Å². The van der Waals surface area contributed by atoms with E-state index < -0.39 is 0 Å². The van der Waals surface area contributed by atoms with Gasteiger partial charge in [-0.1, -0.05) is 6.07 Å². The molecule has 1 atom stereocenters. The summed E-state index contributed by atoms with van der Waals surface area (Å²) in [5.74, 6) is 1.54. The fourth-order valence-corrected chi connectivity index (χ4v) is 3.00. The predicted molar refractivity (Wildman–Crippen MR) is 87.7 cm³/mol. The lowest BCUT2D eigenvalue weighted by Crippen LogP contribution is -2.43. The third-order valence-corrected chi connectivity index (χ3v) is 4.21. The molecule has 0 unspecified atom stereocenters. The van der Waals surface area contributed by atoms with Crippen molar-refractivity contribution in [2.75, 3.05) is 26.9 Å². The molecule has 128 valence electrons. The summed E-state index contributed by atoms with van der Waals surface area (Å²) in [5, 5.41) is 0. The first-order valence-electron chi connectivity index (χ1n) is 8.07. The normalized spacial score (nSPS) is 16.8. The summed E-state index contributed by atoms with van der Waals surface area (Å²) in [6.45, 7) is 4.06. The highest BCUT2D eigenvalue weighted by Crippen LogP contribution is 2.25.